The molecule has 0 aliphatic heterocycles. The lowest BCUT2D eigenvalue weighted by Crippen LogP contribution is -2.37. The smallest absolute Gasteiger partial charge is 0.319 e. The number of hydrogen-bond acceptors (Lipinski definition) is 5. The van der Waals surface area contributed by atoms with Crippen LogP contribution in [0.2, 0.25) is 0 Å². The summed E-state index contributed by atoms with van der Waals surface area (Å²) in [4.78, 5) is 16.1. The number of amides is 2. The number of nitrogens with one attached hydrogen (secondary N) is 2. The van der Waals surface area contributed by atoms with Gasteiger partial charge in [0.15, 0.2) is 0 Å². The van der Waals surface area contributed by atoms with Crippen molar-refractivity contribution in [3.8, 4) is 11.4 Å². The molecule has 22 heavy (non-hydrogen) atoms. The number of carbonyl (C=O) groups is 1. The molecule has 7 heteroatoms. The van der Waals surface area contributed by atoms with E-state index in [9.17, 15) is 9.90 Å². The second-order valence-electron chi connectivity index (χ2n) is 5.33. The standard InChI is InChI=1S/C15H20N4O3/c1-9(2)13(20)8-16-15(21)18-12-7-5-4-6-11(12)14-17-10(3)22-19-14/h4-7,9,13,20H,8H2,1-3H3,(H2,16,18,21)/t13-/m1/s1. The highest BCUT2D eigenvalue weighted by atomic mass is 16.5. The molecule has 1 heterocycles. The van der Waals surface area contributed by atoms with Crippen molar-refractivity contribution in [2.75, 3.05) is 11.9 Å². The molecule has 0 radical (unpaired) electrons. The van der Waals surface area contributed by atoms with Gasteiger partial charge in [-0.1, -0.05) is 31.1 Å². The monoisotopic (exact) mass is 304 g/mol. The van der Waals surface area contributed by atoms with E-state index in [0.717, 1.165) is 0 Å². The Hall–Kier alpha value is -2.41. The van der Waals surface area contributed by atoms with Crippen LogP contribution in [-0.2, 0) is 0 Å². The van der Waals surface area contributed by atoms with Crippen LogP contribution in [0.5, 0.6) is 0 Å². The number of nitrogens with zero attached hydrogens (tertiary/aromatic N) is 2. The van der Waals surface area contributed by atoms with E-state index in [-0.39, 0.29) is 12.5 Å². The molecule has 0 fully saturated rings. The number of aromatic nitrogens is 2. The summed E-state index contributed by atoms with van der Waals surface area (Å²) >= 11 is 0. The summed E-state index contributed by atoms with van der Waals surface area (Å²) in [5.41, 5.74) is 1.23. The lowest BCUT2D eigenvalue weighted by atomic mass is 10.1. The number of aliphatic hydroxyl groups excluding tert-OH is 1. The zero-order chi connectivity index (χ0) is 16.1. The molecular formula is C15H20N4O3. The van der Waals surface area contributed by atoms with Crippen molar-refractivity contribution in [2.24, 2.45) is 5.92 Å². The van der Waals surface area contributed by atoms with E-state index >= 15 is 0 Å². The summed E-state index contributed by atoms with van der Waals surface area (Å²) in [6, 6.07) is 6.77. The molecule has 2 aromatic rings. The third-order valence-corrected chi connectivity index (χ3v) is 3.19. The fourth-order valence-corrected chi connectivity index (χ4v) is 1.80. The van der Waals surface area contributed by atoms with Crippen LogP contribution in [0.15, 0.2) is 28.8 Å². The van der Waals surface area contributed by atoms with Gasteiger partial charge in [-0.25, -0.2) is 4.79 Å². The van der Waals surface area contributed by atoms with Crippen LogP contribution >= 0.6 is 0 Å². The molecule has 0 spiro atoms. The molecular weight excluding hydrogens is 284 g/mol. The first kappa shape index (κ1) is 16.0. The second kappa shape index (κ2) is 7.04. The molecule has 118 valence electrons. The van der Waals surface area contributed by atoms with Gasteiger partial charge in [0.1, 0.15) is 0 Å². The number of benzene rings is 1. The summed E-state index contributed by atoms with van der Waals surface area (Å²) in [5.74, 6) is 0.944. The maximum Gasteiger partial charge on any atom is 0.319 e. The van der Waals surface area contributed by atoms with Crippen molar-refractivity contribution >= 4 is 11.7 Å². The summed E-state index contributed by atoms with van der Waals surface area (Å²) in [6.07, 6.45) is -0.583. The minimum Gasteiger partial charge on any atom is -0.391 e. The van der Waals surface area contributed by atoms with Crippen molar-refractivity contribution in [1.29, 1.82) is 0 Å². The summed E-state index contributed by atoms with van der Waals surface area (Å²) in [6.45, 7) is 5.66. The average Bonchev–Trinajstić information content (AvgIpc) is 2.91. The van der Waals surface area contributed by atoms with E-state index in [1.54, 1.807) is 25.1 Å². The van der Waals surface area contributed by atoms with Crippen molar-refractivity contribution in [1.82, 2.24) is 15.5 Å². The van der Waals surface area contributed by atoms with Crippen molar-refractivity contribution in [3.63, 3.8) is 0 Å². The fourth-order valence-electron chi connectivity index (χ4n) is 1.80. The predicted molar refractivity (Wildman–Crippen MR) is 82.3 cm³/mol. The highest BCUT2D eigenvalue weighted by Gasteiger charge is 2.14. The highest BCUT2D eigenvalue weighted by Crippen LogP contribution is 2.25. The lowest BCUT2D eigenvalue weighted by Gasteiger charge is -2.16. The van der Waals surface area contributed by atoms with Gasteiger partial charge in [-0.3, -0.25) is 0 Å². The molecule has 1 aromatic carbocycles. The number of hydrogen-bond donors (Lipinski definition) is 3. The SMILES string of the molecule is Cc1nc(-c2ccccc2NC(=O)NC[C@@H](O)C(C)C)no1. The van der Waals surface area contributed by atoms with Gasteiger partial charge in [0.25, 0.3) is 0 Å². The van der Waals surface area contributed by atoms with Crippen LogP contribution < -0.4 is 10.6 Å². The van der Waals surface area contributed by atoms with Crippen LogP contribution in [0, 0.1) is 12.8 Å². The topological polar surface area (TPSA) is 100 Å². The van der Waals surface area contributed by atoms with Crippen LogP contribution in [0.25, 0.3) is 11.4 Å². The van der Waals surface area contributed by atoms with E-state index in [2.05, 4.69) is 20.8 Å². The van der Waals surface area contributed by atoms with Gasteiger partial charge in [-0.05, 0) is 18.1 Å². The zero-order valence-electron chi connectivity index (χ0n) is 12.8. The third-order valence-electron chi connectivity index (χ3n) is 3.19. The van der Waals surface area contributed by atoms with E-state index in [1.165, 1.54) is 0 Å². The van der Waals surface area contributed by atoms with Gasteiger partial charge in [-0.2, -0.15) is 4.98 Å². The molecule has 0 bridgehead atoms. The van der Waals surface area contributed by atoms with E-state index < -0.39 is 12.1 Å². The Labute approximate surface area is 128 Å². The van der Waals surface area contributed by atoms with E-state index in [4.69, 9.17) is 4.52 Å². The van der Waals surface area contributed by atoms with Crippen molar-refractivity contribution in [3.05, 3.63) is 30.2 Å². The molecule has 0 saturated heterocycles. The molecule has 7 nitrogen and oxygen atoms in total. The first-order chi connectivity index (χ1) is 10.5. The molecule has 2 rings (SSSR count). The summed E-state index contributed by atoms with van der Waals surface area (Å²) in [5, 5.41) is 18.9. The maximum absolute atomic E-state index is 11.9. The Kier molecular flexibility index (Phi) is 5.11. The van der Waals surface area contributed by atoms with E-state index in [0.29, 0.717) is 23.0 Å². The van der Waals surface area contributed by atoms with Gasteiger partial charge in [0.2, 0.25) is 11.7 Å². The predicted octanol–water partition coefficient (Wildman–Crippen LogP) is 2.18. The van der Waals surface area contributed by atoms with Crippen LogP contribution in [0.1, 0.15) is 19.7 Å². The Morgan fingerprint density at radius 3 is 2.73 bits per heavy atom. The van der Waals surface area contributed by atoms with Crippen molar-refractivity contribution in [2.45, 2.75) is 26.9 Å². The first-order valence-corrected chi connectivity index (χ1v) is 7.10. The third kappa shape index (κ3) is 4.05. The normalized spacial score (nSPS) is 12.2. The number of para-hydroxylation sites is 1. The van der Waals surface area contributed by atoms with Crippen LogP contribution in [-0.4, -0.2) is 33.9 Å². The van der Waals surface area contributed by atoms with Gasteiger partial charge in [0, 0.05) is 19.0 Å². The first-order valence-electron chi connectivity index (χ1n) is 7.10. The molecule has 1 aromatic heterocycles. The number of anilines is 1. The number of urea groups is 1. The minimum absolute atomic E-state index is 0.0786. The van der Waals surface area contributed by atoms with Crippen LogP contribution in [0.3, 0.4) is 0 Å². The highest BCUT2D eigenvalue weighted by molar-refractivity contribution is 5.93. The zero-order valence-corrected chi connectivity index (χ0v) is 12.8. The average molecular weight is 304 g/mol. The largest absolute Gasteiger partial charge is 0.391 e. The molecule has 0 unspecified atom stereocenters. The second-order valence-corrected chi connectivity index (χ2v) is 5.33. The Morgan fingerprint density at radius 2 is 2.09 bits per heavy atom. The number of carbonyl (C=O) groups excluding carboxylic acids is 1. The molecule has 1 atom stereocenters. The summed E-state index contributed by atoms with van der Waals surface area (Å²) < 4.78 is 4.96. The molecule has 0 aliphatic rings. The van der Waals surface area contributed by atoms with Gasteiger partial charge in [-0.15, -0.1) is 0 Å². The molecule has 0 saturated carbocycles. The number of rotatable bonds is 5. The fraction of sp³-hybridized carbons (Fsp3) is 0.400. The lowest BCUT2D eigenvalue weighted by molar-refractivity contribution is 0.126. The Bertz CT molecular complexity index is 639. The Balaban J connectivity index is 2.05. The van der Waals surface area contributed by atoms with Crippen LogP contribution in [0.4, 0.5) is 10.5 Å². The quantitative estimate of drug-likeness (QED) is 0.786. The summed E-state index contributed by atoms with van der Waals surface area (Å²) in [7, 11) is 0. The van der Waals surface area contributed by atoms with E-state index in [1.807, 2.05) is 19.9 Å². The molecule has 0 aliphatic carbocycles. The molecule has 2 amide bonds. The maximum atomic E-state index is 11.9. The number of aliphatic hydroxyl groups is 1. The van der Waals surface area contributed by atoms with Gasteiger partial charge in [0.05, 0.1) is 11.8 Å². The van der Waals surface area contributed by atoms with Gasteiger partial charge < -0.3 is 20.3 Å². The van der Waals surface area contributed by atoms with Crippen molar-refractivity contribution < 1.29 is 14.4 Å². The minimum atomic E-state index is -0.583. The Morgan fingerprint density at radius 1 is 1.36 bits per heavy atom. The number of aryl methyl sites for hydroxylation is 1. The van der Waals surface area contributed by atoms with Gasteiger partial charge >= 0.3 is 6.03 Å². The molecule has 3 N–H and O–H groups in total.